The van der Waals surface area contributed by atoms with Gasteiger partial charge in [-0.05, 0) is 13.2 Å². The van der Waals surface area contributed by atoms with Gasteiger partial charge >= 0.3 is 0 Å². The van der Waals surface area contributed by atoms with Gasteiger partial charge in [0.15, 0.2) is 0 Å². The van der Waals surface area contributed by atoms with Crippen LogP contribution in [0, 0.1) is 0 Å². The Morgan fingerprint density at radius 3 is 2.60 bits per heavy atom. The molecule has 15 heavy (non-hydrogen) atoms. The quantitative estimate of drug-likeness (QED) is 0.617. The number of thioether (sulfide) groups is 1. The van der Waals surface area contributed by atoms with Crippen LogP contribution in [-0.4, -0.2) is 60.7 Å². The lowest BCUT2D eigenvalue weighted by Gasteiger charge is -2.22. The van der Waals surface area contributed by atoms with Crippen LogP contribution in [0.25, 0.3) is 0 Å². The van der Waals surface area contributed by atoms with Crippen LogP contribution in [0.2, 0.25) is 0 Å². The van der Waals surface area contributed by atoms with E-state index in [0.717, 1.165) is 0 Å². The molecule has 2 N–H and O–H groups in total. The van der Waals surface area contributed by atoms with Crippen molar-refractivity contribution >= 4 is 17.7 Å². The van der Waals surface area contributed by atoms with Gasteiger partial charge in [0.05, 0.1) is 5.60 Å². The average Bonchev–Trinajstić information content (AvgIpc) is 2.11. The molecule has 0 saturated heterocycles. The average molecular weight is 234 g/mol. The largest absolute Gasteiger partial charge is 0.388 e. The van der Waals surface area contributed by atoms with E-state index >= 15 is 0 Å². The Bertz CT molecular complexity index is 196. The number of carbonyl (C=O) groups excluding carboxylic acids is 1. The molecule has 1 atom stereocenters. The van der Waals surface area contributed by atoms with Crippen molar-refractivity contribution in [3.63, 3.8) is 0 Å². The van der Waals surface area contributed by atoms with Gasteiger partial charge in [-0.15, -0.1) is 0 Å². The normalized spacial score (nSPS) is 14.7. The molecule has 0 saturated carbocycles. The predicted molar refractivity (Wildman–Crippen MR) is 65.2 cm³/mol. The highest BCUT2D eigenvalue weighted by atomic mass is 32.2. The second-order valence-corrected chi connectivity index (χ2v) is 5.01. The first-order valence-corrected chi connectivity index (χ1v) is 6.40. The van der Waals surface area contributed by atoms with E-state index in [-0.39, 0.29) is 5.91 Å². The molecule has 0 aromatic carbocycles. The molecule has 5 heteroatoms. The number of hydrogen-bond acceptors (Lipinski definition) is 4. The molecule has 0 rings (SSSR count). The summed E-state index contributed by atoms with van der Waals surface area (Å²) in [5.74, 6) is 0.800. The summed E-state index contributed by atoms with van der Waals surface area (Å²) in [5.41, 5.74) is -0.694. The molecule has 0 aromatic rings. The van der Waals surface area contributed by atoms with E-state index in [9.17, 15) is 9.90 Å². The molecule has 0 spiro atoms. The molecule has 0 heterocycles. The summed E-state index contributed by atoms with van der Waals surface area (Å²) in [5, 5.41) is 12.9. The molecule has 1 amide bonds. The van der Waals surface area contributed by atoms with Crippen LogP contribution < -0.4 is 5.32 Å². The van der Waals surface area contributed by atoms with Crippen LogP contribution in [-0.2, 0) is 4.79 Å². The molecule has 0 aliphatic heterocycles. The summed E-state index contributed by atoms with van der Waals surface area (Å²) < 4.78 is 0. The number of hydrogen-bond donors (Lipinski definition) is 2. The molecule has 0 aliphatic carbocycles. The van der Waals surface area contributed by atoms with Crippen molar-refractivity contribution in [2.75, 3.05) is 39.2 Å². The molecule has 0 aliphatic rings. The fourth-order valence-corrected chi connectivity index (χ4v) is 1.86. The lowest BCUT2D eigenvalue weighted by Crippen LogP contribution is -2.41. The van der Waals surface area contributed by atoms with Crippen molar-refractivity contribution in [2.45, 2.75) is 18.9 Å². The molecule has 0 radical (unpaired) electrons. The van der Waals surface area contributed by atoms with Gasteiger partial charge in [0.1, 0.15) is 0 Å². The molecular weight excluding hydrogens is 212 g/mol. The predicted octanol–water partition coefficient (Wildman–Crippen LogP) is 0.168. The van der Waals surface area contributed by atoms with Crippen LogP contribution in [0.15, 0.2) is 0 Å². The van der Waals surface area contributed by atoms with E-state index in [2.05, 4.69) is 5.32 Å². The second-order valence-electron chi connectivity index (χ2n) is 4.14. The molecule has 4 nitrogen and oxygen atoms in total. The molecule has 0 bridgehead atoms. The third-order valence-corrected chi connectivity index (χ3v) is 2.89. The maximum Gasteiger partial charge on any atom is 0.223 e. The minimum Gasteiger partial charge on any atom is -0.388 e. The van der Waals surface area contributed by atoms with Crippen molar-refractivity contribution in [3.8, 4) is 0 Å². The van der Waals surface area contributed by atoms with Crippen molar-refractivity contribution in [1.29, 1.82) is 0 Å². The number of rotatable bonds is 7. The maximum absolute atomic E-state index is 11.2. The fourth-order valence-electron chi connectivity index (χ4n) is 1.14. The molecule has 90 valence electrons. The zero-order chi connectivity index (χ0) is 11.9. The van der Waals surface area contributed by atoms with Crippen LogP contribution in [0.1, 0.15) is 13.3 Å². The van der Waals surface area contributed by atoms with E-state index in [4.69, 9.17) is 0 Å². The minimum absolute atomic E-state index is 0.104. The van der Waals surface area contributed by atoms with Gasteiger partial charge < -0.3 is 15.3 Å². The van der Waals surface area contributed by atoms with E-state index in [1.165, 1.54) is 0 Å². The van der Waals surface area contributed by atoms with Gasteiger partial charge in [-0.3, -0.25) is 4.79 Å². The standard InChI is InChI=1S/C10H22N2O2S/c1-10(14,8-15-4)7-11-6-5-9(13)12(2)3/h11,14H,5-8H2,1-4H3. The maximum atomic E-state index is 11.2. The Kier molecular flexibility index (Phi) is 6.96. The highest BCUT2D eigenvalue weighted by Crippen LogP contribution is 2.08. The van der Waals surface area contributed by atoms with Gasteiger partial charge in [-0.1, -0.05) is 0 Å². The topological polar surface area (TPSA) is 52.6 Å². The van der Waals surface area contributed by atoms with Crippen molar-refractivity contribution in [2.24, 2.45) is 0 Å². The second kappa shape index (κ2) is 7.09. The lowest BCUT2D eigenvalue weighted by atomic mass is 10.1. The van der Waals surface area contributed by atoms with E-state index in [1.54, 1.807) is 37.7 Å². The van der Waals surface area contributed by atoms with Gasteiger partial charge in [0.2, 0.25) is 5.91 Å². The van der Waals surface area contributed by atoms with Crippen molar-refractivity contribution in [3.05, 3.63) is 0 Å². The van der Waals surface area contributed by atoms with Gasteiger partial charge in [-0.25, -0.2) is 0 Å². The zero-order valence-corrected chi connectivity index (χ0v) is 10.9. The Balaban J connectivity index is 3.58. The number of amides is 1. The summed E-state index contributed by atoms with van der Waals surface area (Å²) in [6, 6.07) is 0. The molecule has 1 unspecified atom stereocenters. The third-order valence-electron chi connectivity index (χ3n) is 1.98. The van der Waals surface area contributed by atoms with Crippen LogP contribution in [0.4, 0.5) is 0 Å². The van der Waals surface area contributed by atoms with Gasteiger partial charge in [0, 0.05) is 39.4 Å². The monoisotopic (exact) mass is 234 g/mol. The first kappa shape index (κ1) is 14.7. The summed E-state index contributed by atoms with van der Waals surface area (Å²) in [6.45, 7) is 2.93. The zero-order valence-electron chi connectivity index (χ0n) is 10.0. The molecule has 0 fully saturated rings. The van der Waals surface area contributed by atoms with Crippen molar-refractivity contribution in [1.82, 2.24) is 10.2 Å². The van der Waals surface area contributed by atoms with E-state index < -0.39 is 5.60 Å². The van der Waals surface area contributed by atoms with Crippen LogP contribution in [0.5, 0.6) is 0 Å². The Morgan fingerprint density at radius 2 is 2.13 bits per heavy atom. The first-order chi connectivity index (χ1) is 6.89. The molecular formula is C10H22N2O2S. The summed E-state index contributed by atoms with van der Waals surface area (Å²) in [4.78, 5) is 12.8. The third kappa shape index (κ3) is 7.64. The lowest BCUT2D eigenvalue weighted by molar-refractivity contribution is -0.128. The Hall–Kier alpha value is -0.260. The van der Waals surface area contributed by atoms with Crippen molar-refractivity contribution < 1.29 is 9.90 Å². The van der Waals surface area contributed by atoms with E-state index in [0.29, 0.717) is 25.3 Å². The Labute approximate surface area is 96.4 Å². The Morgan fingerprint density at radius 1 is 1.53 bits per heavy atom. The van der Waals surface area contributed by atoms with Gasteiger partial charge in [-0.2, -0.15) is 11.8 Å². The summed E-state index contributed by atoms with van der Waals surface area (Å²) >= 11 is 1.61. The number of aliphatic hydroxyl groups is 1. The van der Waals surface area contributed by atoms with Gasteiger partial charge in [0.25, 0.3) is 0 Å². The SMILES string of the molecule is CSCC(C)(O)CNCCC(=O)N(C)C. The smallest absolute Gasteiger partial charge is 0.223 e. The highest BCUT2D eigenvalue weighted by Gasteiger charge is 2.18. The highest BCUT2D eigenvalue weighted by molar-refractivity contribution is 7.98. The van der Waals surface area contributed by atoms with Crippen LogP contribution in [0.3, 0.4) is 0 Å². The summed E-state index contributed by atoms with van der Waals surface area (Å²) in [7, 11) is 3.48. The summed E-state index contributed by atoms with van der Waals surface area (Å²) in [6.07, 6.45) is 2.44. The van der Waals surface area contributed by atoms with Crippen LogP contribution >= 0.6 is 11.8 Å². The fraction of sp³-hybridized carbons (Fsp3) is 0.900. The first-order valence-electron chi connectivity index (χ1n) is 5.01. The number of nitrogens with zero attached hydrogens (tertiary/aromatic N) is 1. The number of carbonyl (C=O) groups is 1. The molecule has 0 aromatic heterocycles. The minimum atomic E-state index is -0.694. The van der Waals surface area contributed by atoms with E-state index in [1.807, 2.05) is 6.26 Å². The number of nitrogens with one attached hydrogen (secondary N) is 1.